The Kier molecular flexibility index (Phi) is 4.67. The van der Waals surface area contributed by atoms with E-state index in [-0.39, 0.29) is 10.8 Å². The zero-order valence-electron chi connectivity index (χ0n) is 12.3. The van der Waals surface area contributed by atoms with Crippen LogP contribution in [0.15, 0.2) is 53.4 Å². The molecule has 2 aromatic rings. The topological polar surface area (TPSA) is 87.3 Å². The van der Waals surface area contributed by atoms with Crippen LogP contribution in [-0.4, -0.2) is 14.3 Å². The van der Waals surface area contributed by atoms with Crippen LogP contribution >= 0.6 is 0 Å². The molecular formula is C15H17N3O3S. The zero-order chi connectivity index (χ0) is 16.2. The Morgan fingerprint density at radius 2 is 1.45 bits per heavy atom. The van der Waals surface area contributed by atoms with Gasteiger partial charge in [-0.15, -0.1) is 0 Å². The van der Waals surface area contributed by atoms with Crippen molar-refractivity contribution in [2.45, 2.75) is 18.7 Å². The van der Waals surface area contributed by atoms with Crippen molar-refractivity contribution in [3.63, 3.8) is 0 Å². The van der Waals surface area contributed by atoms with E-state index in [9.17, 15) is 13.2 Å². The van der Waals surface area contributed by atoms with Crippen LogP contribution in [0.25, 0.3) is 0 Å². The van der Waals surface area contributed by atoms with E-state index in [1.165, 1.54) is 6.92 Å². The number of amides is 1. The SMILES string of the molecule is CC(=O)NNc1ccc(NS(=O)(=O)c2ccc(C)cc2)cc1. The summed E-state index contributed by atoms with van der Waals surface area (Å²) in [7, 11) is -3.61. The van der Waals surface area contributed by atoms with Crippen LogP contribution in [0.1, 0.15) is 12.5 Å². The average molecular weight is 319 g/mol. The van der Waals surface area contributed by atoms with E-state index in [0.29, 0.717) is 11.4 Å². The van der Waals surface area contributed by atoms with E-state index >= 15 is 0 Å². The zero-order valence-corrected chi connectivity index (χ0v) is 13.1. The molecule has 0 unspecified atom stereocenters. The molecule has 22 heavy (non-hydrogen) atoms. The summed E-state index contributed by atoms with van der Waals surface area (Å²) in [6, 6.07) is 13.1. The van der Waals surface area contributed by atoms with Crippen LogP contribution in [0.3, 0.4) is 0 Å². The molecule has 1 amide bonds. The summed E-state index contributed by atoms with van der Waals surface area (Å²) < 4.78 is 27.0. The van der Waals surface area contributed by atoms with E-state index in [1.54, 1.807) is 48.5 Å². The minimum atomic E-state index is -3.61. The predicted molar refractivity (Wildman–Crippen MR) is 85.9 cm³/mol. The molecule has 0 aliphatic carbocycles. The molecular weight excluding hydrogens is 302 g/mol. The van der Waals surface area contributed by atoms with Gasteiger partial charge in [-0.2, -0.15) is 0 Å². The highest BCUT2D eigenvalue weighted by Crippen LogP contribution is 2.18. The van der Waals surface area contributed by atoms with Crippen molar-refractivity contribution in [2.75, 3.05) is 10.1 Å². The first-order chi connectivity index (χ1) is 10.4. The van der Waals surface area contributed by atoms with E-state index in [1.807, 2.05) is 6.92 Å². The smallest absolute Gasteiger partial charge is 0.261 e. The summed E-state index contributed by atoms with van der Waals surface area (Å²) in [6.07, 6.45) is 0. The van der Waals surface area contributed by atoms with Crippen molar-refractivity contribution in [2.24, 2.45) is 0 Å². The monoisotopic (exact) mass is 319 g/mol. The molecule has 0 atom stereocenters. The standard InChI is InChI=1S/C15H17N3O3S/c1-11-3-9-15(10-4-11)22(20,21)18-14-7-5-13(6-8-14)17-16-12(2)19/h3-10,17-18H,1-2H3,(H,16,19). The van der Waals surface area contributed by atoms with Gasteiger partial charge in [0.1, 0.15) is 0 Å². The Morgan fingerprint density at radius 3 is 2.00 bits per heavy atom. The van der Waals surface area contributed by atoms with Crippen LogP contribution in [0.4, 0.5) is 11.4 Å². The molecule has 7 heteroatoms. The maximum atomic E-state index is 12.2. The Balaban J connectivity index is 2.09. The predicted octanol–water partition coefficient (Wildman–Crippen LogP) is 2.26. The van der Waals surface area contributed by atoms with Gasteiger partial charge in [0.05, 0.1) is 10.6 Å². The lowest BCUT2D eigenvalue weighted by Crippen LogP contribution is -2.26. The largest absolute Gasteiger partial charge is 0.299 e. The summed E-state index contributed by atoms with van der Waals surface area (Å²) in [5, 5.41) is 0. The first kappa shape index (κ1) is 15.8. The fourth-order valence-corrected chi connectivity index (χ4v) is 2.77. The molecule has 0 saturated carbocycles. The number of hydrogen-bond donors (Lipinski definition) is 3. The number of aryl methyl sites for hydroxylation is 1. The third kappa shape index (κ3) is 4.23. The maximum Gasteiger partial charge on any atom is 0.261 e. The number of nitrogens with one attached hydrogen (secondary N) is 3. The second-order valence-electron chi connectivity index (χ2n) is 4.80. The van der Waals surface area contributed by atoms with Crippen LogP contribution in [0.2, 0.25) is 0 Å². The molecule has 116 valence electrons. The van der Waals surface area contributed by atoms with Crippen LogP contribution < -0.4 is 15.6 Å². The average Bonchev–Trinajstić information content (AvgIpc) is 2.46. The molecule has 0 heterocycles. The van der Waals surface area contributed by atoms with E-state index in [4.69, 9.17) is 0 Å². The molecule has 6 nitrogen and oxygen atoms in total. The highest BCUT2D eigenvalue weighted by Gasteiger charge is 2.13. The lowest BCUT2D eigenvalue weighted by atomic mass is 10.2. The third-order valence-electron chi connectivity index (χ3n) is 2.85. The Morgan fingerprint density at radius 1 is 0.909 bits per heavy atom. The lowest BCUT2D eigenvalue weighted by Gasteiger charge is -2.10. The van der Waals surface area contributed by atoms with Crippen molar-refractivity contribution in [1.82, 2.24) is 5.43 Å². The van der Waals surface area contributed by atoms with Crippen LogP contribution in [0, 0.1) is 6.92 Å². The summed E-state index contributed by atoms with van der Waals surface area (Å²) in [6.45, 7) is 3.28. The van der Waals surface area contributed by atoms with Gasteiger partial charge in [0.2, 0.25) is 5.91 Å². The van der Waals surface area contributed by atoms with Crippen molar-refractivity contribution in [1.29, 1.82) is 0 Å². The highest BCUT2D eigenvalue weighted by atomic mass is 32.2. The summed E-state index contributed by atoms with van der Waals surface area (Å²) >= 11 is 0. The van der Waals surface area contributed by atoms with Gasteiger partial charge in [0, 0.05) is 12.6 Å². The normalized spacial score (nSPS) is 10.8. The second kappa shape index (κ2) is 6.48. The van der Waals surface area contributed by atoms with Gasteiger partial charge in [-0.1, -0.05) is 17.7 Å². The molecule has 2 aromatic carbocycles. The molecule has 0 aromatic heterocycles. The lowest BCUT2D eigenvalue weighted by molar-refractivity contribution is -0.118. The van der Waals surface area contributed by atoms with E-state index in [0.717, 1.165) is 5.56 Å². The molecule has 0 fully saturated rings. The van der Waals surface area contributed by atoms with Crippen molar-refractivity contribution < 1.29 is 13.2 Å². The molecule has 2 rings (SSSR count). The minimum Gasteiger partial charge on any atom is -0.299 e. The Bertz CT molecular complexity index is 754. The first-order valence-electron chi connectivity index (χ1n) is 6.59. The highest BCUT2D eigenvalue weighted by molar-refractivity contribution is 7.92. The quantitative estimate of drug-likeness (QED) is 0.738. The fourth-order valence-electron chi connectivity index (χ4n) is 1.71. The molecule has 0 saturated heterocycles. The van der Waals surface area contributed by atoms with Crippen LogP contribution in [0.5, 0.6) is 0 Å². The minimum absolute atomic E-state index is 0.207. The van der Waals surface area contributed by atoms with Gasteiger partial charge in [0.15, 0.2) is 0 Å². The molecule has 0 radical (unpaired) electrons. The van der Waals surface area contributed by atoms with Crippen molar-refractivity contribution >= 4 is 27.3 Å². The molecule has 0 aliphatic heterocycles. The Hall–Kier alpha value is -2.54. The van der Waals surface area contributed by atoms with Crippen LogP contribution in [-0.2, 0) is 14.8 Å². The molecule has 0 spiro atoms. The van der Waals surface area contributed by atoms with Crippen molar-refractivity contribution in [3.05, 3.63) is 54.1 Å². The number of hydrogen-bond acceptors (Lipinski definition) is 4. The van der Waals surface area contributed by atoms with Gasteiger partial charge in [-0.25, -0.2) is 8.42 Å². The number of carbonyl (C=O) groups is 1. The number of anilines is 2. The summed E-state index contributed by atoms with van der Waals surface area (Å²) in [5.74, 6) is -0.218. The van der Waals surface area contributed by atoms with Gasteiger partial charge < -0.3 is 0 Å². The number of carbonyl (C=O) groups excluding carboxylic acids is 1. The molecule has 3 N–H and O–H groups in total. The second-order valence-corrected chi connectivity index (χ2v) is 6.48. The van der Waals surface area contributed by atoms with E-state index in [2.05, 4.69) is 15.6 Å². The Labute approximate surface area is 129 Å². The van der Waals surface area contributed by atoms with E-state index < -0.39 is 10.0 Å². The third-order valence-corrected chi connectivity index (χ3v) is 4.25. The number of hydrazine groups is 1. The van der Waals surface area contributed by atoms with Crippen molar-refractivity contribution in [3.8, 4) is 0 Å². The first-order valence-corrected chi connectivity index (χ1v) is 8.07. The number of rotatable bonds is 5. The maximum absolute atomic E-state index is 12.2. The fraction of sp³-hybridized carbons (Fsp3) is 0.133. The summed E-state index contributed by atoms with van der Waals surface area (Å²) in [5.41, 5.74) is 7.21. The summed E-state index contributed by atoms with van der Waals surface area (Å²) in [4.78, 5) is 11.0. The van der Waals surface area contributed by atoms with Gasteiger partial charge >= 0.3 is 0 Å². The molecule has 0 bridgehead atoms. The number of sulfonamides is 1. The number of benzene rings is 2. The van der Waals surface area contributed by atoms with Gasteiger partial charge in [0.25, 0.3) is 10.0 Å². The van der Waals surface area contributed by atoms with Gasteiger partial charge in [-0.05, 0) is 43.3 Å². The van der Waals surface area contributed by atoms with Gasteiger partial charge in [-0.3, -0.25) is 20.4 Å². The molecule has 0 aliphatic rings.